The van der Waals surface area contributed by atoms with Crippen molar-refractivity contribution >= 4 is 11.7 Å². The summed E-state index contributed by atoms with van der Waals surface area (Å²) in [5.41, 5.74) is 1.75. The Hall–Kier alpha value is -3.87. The van der Waals surface area contributed by atoms with Gasteiger partial charge in [0.25, 0.3) is 5.91 Å². The Morgan fingerprint density at radius 3 is 2.68 bits per heavy atom. The van der Waals surface area contributed by atoms with Gasteiger partial charge in [-0.25, -0.2) is 4.39 Å². The van der Waals surface area contributed by atoms with Gasteiger partial charge in [0, 0.05) is 17.8 Å². The molecule has 2 heterocycles. The van der Waals surface area contributed by atoms with E-state index in [1.165, 1.54) is 11.6 Å². The zero-order chi connectivity index (χ0) is 21.6. The third kappa shape index (κ3) is 5.19. The van der Waals surface area contributed by atoms with E-state index < -0.39 is 5.91 Å². The molecule has 7 heteroatoms. The largest absolute Gasteiger partial charge is 0.486 e. The Kier molecular flexibility index (Phi) is 6.12. The topological polar surface area (TPSA) is 69.3 Å². The van der Waals surface area contributed by atoms with E-state index in [1.54, 1.807) is 47.3 Å². The van der Waals surface area contributed by atoms with Gasteiger partial charge >= 0.3 is 0 Å². The highest BCUT2D eigenvalue weighted by Crippen LogP contribution is 2.17. The molecule has 0 bridgehead atoms. The lowest BCUT2D eigenvalue weighted by Crippen LogP contribution is -2.12. The second kappa shape index (κ2) is 9.30. The number of nitrogens with zero attached hydrogens (tertiary/aromatic N) is 2. The predicted molar refractivity (Wildman–Crippen MR) is 115 cm³/mol. The minimum atomic E-state index is -0.422. The van der Waals surface area contributed by atoms with Gasteiger partial charge in [-0.2, -0.15) is 5.10 Å². The monoisotopic (exact) mass is 419 g/mol. The maximum absolute atomic E-state index is 13.8. The van der Waals surface area contributed by atoms with Gasteiger partial charge in [-0.05, 0) is 42.3 Å². The van der Waals surface area contributed by atoms with Gasteiger partial charge in [-0.15, -0.1) is 0 Å². The fourth-order valence-corrected chi connectivity index (χ4v) is 3.05. The number of aromatic nitrogens is 2. The standard InChI is InChI=1S/C24H22FN3O3/c1-2-17-7-9-19(10-8-17)30-16-20-11-12-22(31-20)24(29)26-23-13-14-28(27-23)15-18-5-3-4-6-21(18)25/h3-14H,2,15-16H2,1H3,(H,26,27,29). The quantitative estimate of drug-likeness (QED) is 0.434. The van der Waals surface area contributed by atoms with Crippen molar-refractivity contribution in [1.82, 2.24) is 9.78 Å². The zero-order valence-corrected chi connectivity index (χ0v) is 17.0. The van der Waals surface area contributed by atoms with Crippen molar-refractivity contribution in [1.29, 1.82) is 0 Å². The predicted octanol–water partition coefficient (Wildman–Crippen LogP) is 5.06. The van der Waals surface area contributed by atoms with Crippen LogP contribution in [0, 0.1) is 5.82 Å². The highest BCUT2D eigenvalue weighted by Gasteiger charge is 2.13. The van der Waals surface area contributed by atoms with Crippen LogP contribution in [0.2, 0.25) is 0 Å². The highest BCUT2D eigenvalue weighted by atomic mass is 19.1. The van der Waals surface area contributed by atoms with E-state index in [2.05, 4.69) is 17.3 Å². The summed E-state index contributed by atoms with van der Waals surface area (Å²) in [4.78, 5) is 12.4. The van der Waals surface area contributed by atoms with E-state index in [1.807, 2.05) is 24.3 Å². The number of amides is 1. The van der Waals surface area contributed by atoms with Crippen molar-refractivity contribution in [3.63, 3.8) is 0 Å². The van der Waals surface area contributed by atoms with Gasteiger partial charge in [0.1, 0.15) is 23.9 Å². The van der Waals surface area contributed by atoms with Gasteiger partial charge in [-0.1, -0.05) is 37.3 Å². The summed E-state index contributed by atoms with van der Waals surface area (Å²) >= 11 is 0. The number of carbonyl (C=O) groups excluding carboxylic acids is 1. The molecule has 158 valence electrons. The number of hydrogen-bond donors (Lipinski definition) is 1. The van der Waals surface area contributed by atoms with Gasteiger partial charge in [-0.3, -0.25) is 9.48 Å². The molecule has 0 atom stereocenters. The van der Waals surface area contributed by atoms with Crippen molar-refractivity contribution < 1.29 is 18.3 Å². The maximum atomic E-state index is 13.8. The van der Waals surface area contributed by atoms with Crippen LogP contribution in [-0.4, -0.2) is 15.7 Å². The Bertz CT molecular complexity index is 1160. The first-order valence-electron chi connectivity index (χ1n) is 9.99. The van der Waals surface area contributed by atoms with Crippen molar-refractivity contribution in [3.05, 3.63) is 101 Å². The van der Waals surface area contributed by atoms with Crippen molar-refractivity contribution in [2.45, 2.75) is 26.5 Å². The molecule has 0 spiro atoms. The minimum absolute atomic E-state index is 0.156. The molecule has 0 radical (unpaired) electrons. The molecule has 0 fully saturated rings. The van der Waals surface area contributed by atoms with Crippen LogP contribution < -0.4 is 10.1 Å². The molecule has 2 aromatic heterocycles. The SMILES string of the molecule is CCc1ccc(OCc2ccc(C(=O)Nc3ccn(Cc4ccccc4F)n3)o2)cc1. The Morgan fingerprint density at radius 2 is 1.90 bits per heavy atom. The fraction of sp³-hybridized carbons (Fsp3) is 0.167. The molecule has 4 rings (SSSR count). The number of nitrogens with one attached hydrogen (secondary N) is 1. The van der Waals surface area contributed by atoms with Crippen LogP contribution in [0.25, 0.3) is 0 Å². The van der Waals surface area contributed by atoms with Gasteiger partial charge in [0.15, 0.2) is 11.6 Å². The summed E-state index contributed by atoms with van der Waals surface area (Å²) in [6.45, 7) is 2.58. The van der Waals surface area contributed by atoms with Crippen LogP contribution in [0.15, 0.2) is 77.3 Å². The number of ether oxygens (including phenoxy) is 1. The van der Waals surface area contributed by atoms with E-state index in [4.69, 9.17) is 9.15 Å². The van der Waals surface area contributed by atoms with E-state index in [0.717, 1.165) is 12.2 Å². The van der Waals surface area contributed by atoms with Gasteiger partial charge < -0.3 is 14.5 Å². The van der Waals surface area contributed by atoms with Crippen LogP contribution in [0.3, 0.4) is 0 Å². The number of rotatable bonds is 8. The lowest BCUT2D eigenvalue weighted by Gasteiger charge is -2.05. The van der Waals surface area contributed by atoms with Crippen LogP contribution >= 0.6 is 0 Å². The average Bonchev–Trinajstić information content (AvgIpc) is 3.44. The number of benzene rings is 2. The molecular formula is C24H22FN3O3. The summed E-state index contributed by atoms with van der Waals surface area (Å²) in [7, 11) is 0. The minimum Gasteiger partial charge on any atom is -0.486 e. The maximum Gasteiger partial charge on any atom is 0.292 e. The molecule has 0 aliphatic rings. The van der Waals surface area contributed by atoms with Gasteiger partial charge in [0.2, 0.25) is 0 Å². The van der Waals surface area contributed by atoms with E-state index >= 15 is 0 Å². The van der Waals surface area contributed by atoms with Crippen LogP contribution in [0.4, 0.5) is 10.2 Å². The number of anilines is 1. The number of halogens is 1. The molecule has 0 aliphatic heterocycles. The van der Waals surface area contributed by atoms with Crippen molar-refractivity contribution in [2.24, 2.45) is 0 Å². The molecule has 2 aromatic carbocycles. The number of aryl methyl sites for hydroxylation is 1. The van der Waals surface area contributed by atoms with E-state index in [0.29, 0.717) is 17.1 Å². The first kappa shape index (κ1) is 20.4. The third-order valence-corrected chi connectivity index (χ3v) is 4.77. The first-order valence-corrected chi connectivity index (χ1v) is 9.99. The van der Waals surface area contributed by atoms with Crippen LogP contribution in [0.5, 0.6) is 5.75 Å². The second-order valence-electron chi connectivity index (χ2n) is 7.00. The molecule has 0 saturated heterocycles. The highest BCUT2D eigenvalue weighted by molar-refractivity contribution is 6.01. The summed E-state index contributed by atoms with van der Waals surface area (Å²) in [5.74, 6) is 1.06. The summed E-state index contributed by atoms with van der Waals surface area (Å²) in [6.07, 6.45) is 2.64. The van der Waals surface area contributed by atoms with Gasteiger partial charge in [0.05, 0.1) is 6.54 Å². The molecule has 4 aromatic rings. The molecular weight excluding hydrogens is 397 g/mol. The van der Waals surface area contributed by atoms with Crippen molar-refractivity contribution in [3.8, 4) is 5.75 Å². The van der Waals surface area contributed by atoms with Crippen LogP contribution in [0.1, 0.15) is 34.4 Å². The Balaban J connectivity index is 1.32. The third-order valence-electron chi connectivity index (χ3n) is 4.77. The molecule has 6 nitrogen and oxygen atoms in total. The van der Waals surface area contributed by atoms with Crippen molar-refractivity contribution in [2.75, 3.05) is 5.32 Å². The second-order valence-corrected chi connectivity index (χ2v) is 7.00. The average molecular weight is 419 g/mol. The molecule has 1 amide bonds. The molecule has 31 heavy (non-hydrogen) atoms. The normalized spacial score (nSPS) is 10.8. The molecule has 0 saturated carbocycles. The fourth-order valence-electron chi connectivity index (χ4n) is 3.05. The number of carbonyl (C=O) groups is 1. The van der Waals surface area contributed by atoms with E-state index in [-0.39, 0.29) is 24.7 Å². The number of hydrogen-bond acceptors (Lipinski definition) is 4. The Morgan fingerprint density at radius 1 is 1.10 bits per heavy atom. The summed E-state index contributed by atoms with van der Waals surface area (Å²) in [6, 6.07) is 19.3. The summed E-state index contributed by atoms with van der Waals surface area (Å²) in [5, 5.41) is 6.94. The lowest BCUT2D eigenvalue weighted by molar-refractivity contribution is 0.0992. The lowest BCUT2D eigenvalue weighted by atomic mass is 10.2. The molecule has 0 aliphatic carbocycles. The molecule has 1 N–H and O–H groups in total. The summed E-state index contributed by atoms with van der Waals surface area (Å²) < 4.78 is 26.6. The molecule has 0 unspecified atom stereocenters. The van der Waals surface area contributed by atoms with Crippen LogP contribution in [-0.2, 0) is 19.6 Å². The Labute approximate surface area is 179 Å². The smallest absolute Gasteiger partial charge is 0.292 e. The van der Waals surface area contributed by atoms with E-state index in [9.17, 15) is 9.18 Å². The number of furan rings is 1. The first-order chi connectivity index (χ1) is 15.1. The zero-order valence-electron chi connectivity index (χ0n) is 17.0.